The Bertz CT molecular complexity index is 301. The van der Waals surface area contributed by atoms with Gasteiger partial charge in [-0.3, -0.25) is 0 Å². The van der Waals surface area contributed by atoms with Gasteiger partial charge in [0, 0.05) is 6.42 Å². The summed E-state index contributed by atoms with van der Waals surface area (Å²) in [5, 5.41) is 19.3. The predicted molar refractivity (Wildman–Crippen MR) is 55.6 cm³/mol. The van der Waals surface area contributed by atoms with E-state index in [0.29, 0.717) is 0 Å². The highest BCUT2D eigenvalue weighted by atomic mass is 16.6. The van der Waals surface area contributed by atoms with Gasteiger partial charge in [0.25, 0.3) is 0 Å². The molecule has 1 unspecified atom stereocenters. The first kappa shape index (κ1) is 14.2. The molecule has 0 aliphatic heterocycles. The topological polar surface area (TPSA) is 99.4 Å². The number of amides is 1. The lowest BCUT2D eigenvalue weighted by Gasteiger charge is -2.21. The van der Waals surface area contributed by atoms with Crippen molar-refractivity contribution in [3.05, 3.63) is 0 Å². The van der Waals surface area contributed by atoms with Gasteiger partial charge in [0.05, 0.1) is 6.07 Å². The van der Waals surface area contributed by atoms with Gasteiger partial charge in [0.1, 0.15) is 11.6 Å². The molecule has 0 aliphatic carbocycles. The Morgan fingerprint density at radius 2 is 2.06 bits per heavy atom. The van der Waals surface area contributed by atoms with Crippen molar-refractivity contribution in [2.45, 2.75) is 45.3 Å². The summed E-state index contributed by atoms with van der Waals surface area (Å²) in [7, 11) is 0. The third-order valence-electron chi connectivity index (χ3n) is 1.53. The van der Waals surface area contributed by atoms with Crippen molar-refractivity contribution in [2.24, 2.45) is 0 Å². The molecule has 90 valence electrons. The van der Waals surface area contributed by atoms with Crippen molar-refractivity contribution in [1.82, 2.24) is 5.32 Å². The van der Waals surface area contributed by atoms with Gasteiger partial charge in [-0.25, -0.2) is 9.59 Å². The summed E-state index contributed by atoms with van der Waals surface area (Å²) < 4.78 is 4.90. The van der Waals surface area contributed by atoms with Crippen LogP contribution < -0.4 is 5.32 Å². The number of carbonyl (C=O) groups is 2. The highest BCUT2D eigenvalue weighted by molar-refractivity contribution is 5.79. The second kappa shape index (κ2) is 5.95. The molecular weight excluding hydrogens is 212 g/mol. The molecule has 16 heavy (non-hydrogen) atoms. The quantitative estimate of drug-likeness (QED) is 0.754. The number of nitrogens with zero attached hydrogens (tertiary/aromatic N) is 1. The van der Waals surface area contributed by atoms with Crippen LogP contribution in [0.2, 0.25) is 0 Å². The minimum Gasteiger partial charge on any atom is -0.480 e. The van der Waals surface area contributed by atoms with Crippen LogP contribution in [0.5, 0.6) is 0 Å². The summed E-state index contributed by atoms with van der Waals surface area (Å²) in [5.41, 5.74) is -0.678. The van der Waals surface area contributed by atoms with Crippen molar-refractivity contribution in [1.29, 1.82) is 5.26 Å². The first-order valence-corrected chi connectivity index (χ1v) is 4.85. The standard InChI is InChI=1S/C10H16N2O4/c1-10(2,3)16-9(15)12-7(8(13)14)5-4-6-11/h7H,4-5H2,1-3H3,(H,12,15)(H,13,14). The summed E-state index contributed by atoms with van der Waals surface area (Å²) in [5.74, 6) is -1.18. The van der Waals surface area contributed by atoms with Crippen molar-refractivity contribution in [3.8, 4) is 6.07 Å². The minimum atomic E-state index is -1.18. The summed E-state index contributed by atoms with van der Waals surface area (Å²) in [6.07, 6.45) is -0.671. The lowest BCUT2D eigenvalue weighted by molar-refractivity contribution is -0.139. The first-order valence-electron chi connectivity index (χ1n) is 4.85. The van der Waals surface area contributed by atoms with Gasteiger partial charge in [0.2, 0.25) is 0 Å². The molecule has 0 aliphatic rings. The fourth-order valence-corrected chi connectivity index (χ4v) is 0.916. The average molecular weight is 228 g/mol. The minimum absolute atomic E-state index is 0.0606. The Morgan fingerprint density at radius 3 is 2.44 bits per heavy atom. The molecule has 0 rings (SSSR count). The fraction of sp³-hybridized carbons (Fsp3) is 0.700. The van der Waals surface area contributed by atoms with Crippen molar-refractivity contribution >= 4 is 12.1 Å². The van der Waals surface area contributed by atoms with Crippen LogP contribution in [0.3, 0.4) is 0 Å². The molecule has 0 aromatic rings. The maximum atomic E-state index is 11.3. The van der Waals surface area contributed by atoms with Crippen LogP contribution in [-0.2, 0) is 9.53 Å². The number of hydrogen-bond acceptors (Lipinski definition) is 4. The fourth-order valence-electron chi connectivity index (χ4n) is 0.916. The van der Waals surface area contributed by atoms with E-state index < -0.39 is 23.7 Å². The Labute approximate surface area is 94.2 Å². The number of aliphatic carboxylic acids is 1. The van der Waals surface area contributed by atoms with Gasteiger partial charge in [-0.2, -0.15) is 5.26 Å². The summed E-state index contributed by atoms with van der Waals surface area (Å²) in [4.78, 5) is 22.0. The van der Waals surface area contributed by atoms with Crippen LogP contribution in [0.15, 0.2) is 0 Å². The molecule has 0 aromatic heterocycles. The number of ether oxygens (including phenoxy) is 1. The monoisotopic (exact) mass is 228 g/mol. The van der Waals surface area contributed by atoms with Crippen LogP contribution in [0, 0.1) is 11.3 Å². The van der Waals surface area contributed by atoms with E-state index in [4.69, 9.17) is 15.1 Å². The van der Waals surface area contributed by atoms with E-state index in [9.17, 15) is 9.59 Å². The first-order chi connectivity index (χ1) is 7.26. The number of hydrogen-bond donors (Lipinski definition) is 2. The molecule has 0 saturated heterocycles. The lowest BCUT2D eigenvalue weighted by atomic mass is 10.1. The van der Waals surface area contributed by atoms with E-state index >= 15 is 0 Å². The number of nitrogens with one attached hydrogen (secondary N) is 1. The van der Waals surface area contributed by atoms with Gasteiger partial charge in [-0.15, -0.1) is 0 Å². The smallest absolute Gasteiger partial charge is 0.408 e. The third kappa shape index (κ3) is 6.65. The number of nitriles is 1. The Hall–Kier alpha value is -1.77. The van der Waals surface area contributed by atoms with Gasteiger partial charge < -0.3 is 15.2 Å². The Morgan fingerprint density at radius 1 is 1.50 bits per heavy atom. The Kier molecular flexibility index (Phi) is 5.30. The van der Waals surface area contributed by atoms with Gasteiger partial charge in [-0.05, 0) is 27.2 Å². The predicted octanol–water partition coefficient (Wildman–Crippen LogP) is 1.27. The molecule has 0 radical (unpaired) electrons. The second-order valence-corrected chi connectivity index (χ2v) is 4.23. The molecule has 0 heterocycles. The van der Waals surface area contributed by atoms with E-state index in [1.54, 1.807) is 20.8 Å². The number of alkyl carbamates (subject to hydrolysis) is 1. The average Bonchev–Trinajstić information content (AvgIpc) is 2.08. The van der Waals surface area contributed by atoms with E-state index in [-0.39, 0.29) is 12.8 Å². The van der Waals surface area contributed by atoms with Gasteiger partial charge in [0.15, 0.2) is 0 Å². The summed E-state index contributed by atoms with van der Waals surface area (Å²) in [6.45, 7) is 5.03. The maximum Gasteiger partial charge on any atom is 0.408 e. The van der Waals surface area contributed by atoms with Crippen LogP contribution in [0.1, 0.15) is 33.6 Å². The van der Waals surface area contributed by atoms with Crippen LogP contribution in [0.25, 0.3) is 0 Å². The maximum absolute atomic E-state index is 11.3. The van der Waals surface area contributed by atoms with Crippen molar-refractivity contribution in [3.63, 3.8) is 0 Å². The zero-order valence-electron chi connectivity index (χ0n) is 9.61. The molecule has 2 N–H and O–H groups in total. The van der Waals surface area contributed by atoms with Crippen LogP contribution in [-0.4, -0.2) is 28.8 Å². The van der Waals surface area contributed by atoms with Gasteiger partial charge >= 0.3 is 12.1 Å². The molecule has 0 bridgehead atoms. The largest absolute Gasteiger partial charge is 0.480 e. The van der Waals surface area contributed by atoms with Crippen molar-refractivity contribution < 1.29 is 19.4 Å². The highest BCUT2D eigenvalue weighted by Gasteiger charge is 2.23. The second-order valence-electron chi connectivity index (χ2n) is 4.23. The molecular formula is C10H16N2O4. The number of rotatable bonds is 4. The molecule has 1 atom stereocenters. The molecule has 0 saturated carbocycles. The zero-order chi connectivity index (χ0) is 12.8. The number of carboxylic acids is 1. The van der Waals surface area contributed by atoms with Crippen LogP contribution in [0.4, 0.5) is 4.79 Å². The summed E-state index contributed by atoms with van der Waals surface area (Å²) >= 11 is 0. The Balaban J connectivity index is 4.25. The zero-order valence-corrected chi connectivity index (χ0v) is 9.61. The van der Waals surface area contributed by atoms with Gasteiger partial charge in [-0.1, -0.05) is 0 Å². The molecule has 0 fully saturated rings. The number of carbonyl (C=O) groups excluding carboxylic acids is 1. The molecule has 1 amide bonds. The third-order valence-corrected chi connectivity index (χ3v) is 1.53. The molecule has 6 heteroatoms. The molecule has 0 spiro atoms. The number of carboxylic acid groups (broad SMARTS) is 1. The highest BCUT2D eigenvalue weighted by Crippen LogP contribution is 2.07. The van der Waals surface area contributed by atoms with E-state index in [1.807, 2.05) is 6.07 Å². The van der Waals surface area contributed by atoms with Crippen LogP contribution >= 0.6 is 0 Å². The SMILES string of the molecule is CC(C)(C)OC(=O)NC(CCC#N)C(=O)O. The van der Waals surface area contributed by atoms with E-state index in [1.165, 1.54) is 0 Å². The van der Waals surface area contributed by atoms with E-state index in [2.05, 4.69) is 5.32 Å². The molecule has 0 aromatic carbocycles. The van der Waals surface area contributed by atoms with Crippen molar-refractivity contribution in [2.75, 3.05) is 0 Å². The van der Waals surface area contributed by atoms with E-state index in [0.717, 1.165) is 0 Å². The summed E-state index contributed by atoms with van der Waals surface area (Å²) in [6, 6.07) is 0.731. The molecule has 6 nitrogen and oxygen atoms in total. The lowest BCUT2D eigenvalue weighted by Crippen LogP contribution is -2.43. The normalized spacial score (nSPS) is 12.4.